The van der Waals surface area contributed by atoms with E-state index in [0.717, 1.165) is 49.5 Å². The van der Waals surface area contributed by atoms with Crippen molar-refractivity contribution in [3.8, 4) is 0 Å². The van der Waals surface area contributed by atoms with Crippen LogP contribution in [0.15, 0.2) is 24.3 Å². The number of nitrogens with zero attached hydrogens (tertiary/aromatic N) is 1. The lowest BCUT2D eigenvalue weighted by molar-refractivity contribution is -0.134. The van der Waals surface area contributed by atoms with Crippen molar-refractivity contribution in [3.63, 3.8) is 0 Å². The SMILES string of the molecule is CCN(CC)CCC(=O)Nc1cc(/C=C/C(=O)OC)ccc1NCCC(C)C. The Balaban J connectivity index is 2.89. The quantitative estimate of drug-likeness (QED) is 0.418. The number of methoxy groups -OCH3 is 1. The third-order valence-corrected chi connectivity index (χ3v) is 4.52. The van der Waals surface area contributed by atoms with Crippen LogP contribution in [0.4, 0.5) is 11.4 Å². The maximum atomic E-state index is 12.4. The zero-order valence-electron chi connectivity index (χ0n) is 17.9. The molecule has 28 heavy (non-hydrogen) atoms. The van der Waals surface area contributed by atoms with Gasteiger partial charge in [0.25, 0.3) is 0 Å². The molecule has 6 nitrogen and oxygen atoms in total. The highest BCUT2D eigenvalue weighted by Gasteiger charge is 2.10. The average molecular weight is 390 g/mol. The van der Waals surface area contributed by atoms with E-state index in [4.69, 9.17) is 0 Å². The van der Waals surface area contributed by atoms with Crippen molar-refractivity contribution in [2.45, 2.75) is 40.5 Å². The fraction of sp³-hybridized carbons (Fsp3) is 0.545. The second kappa shape index (κ2) is 12.9. The van der Waals surface area contributed by atoms with Gasteiger partial charge < -0.3 is 20.3 Å². The summed E-state index contributed by atoms with van der Waals surface area (Å²) in [5, 5.41) is 6.42. The summed E-state index contributed by atoms with van der Waals surface area (Å²) in [4.78, 5) is 26.0. The zero-order valence-corrected chi connectivity index (χ0v) is 17.9. The minimum atomic E-state index is -0.413. The number of rotatable bonds is 12. The first-order valence-corrected chi connectivity index (χ1v) is 10.1. The van der Waals surface area contributed by atoms with Crippen LogP contribution in [-0.4, -0.2) is 50.1 Å². The average Bonchev–Trinajstić information content (AvgIpc) is 2.68. The third kappa shape index (κ3) is 9.04. The lowest BCUT2D eigenvalue weighted by Gasteiger charge is -2.18. The number of hydrogen-bond acceptors (Lipinski definition) is 5. The highest BCUT2D eigenvalue weighted by atomic mass is 16.5. The van der Waals surface area contributed by atoms with Crippen LogP contribution in [0.5, 0.6) is 0 Å². The molecule has 0 aromatic heterocycles. The minimum Gasteiger partial charge on any atom is -0.466 e. The molecule has 0 radical (unpaired) electrons. The second-order valence-electron chi connectivity index (χ2n) is 7.10. The Morgan fingerprint density at radius 2 is 1.89 bits per heavy atom. The van der Waals surface area contributed by atoms with Crippen LogP contribution in [0.3, 0.4) is 0 Å². The molecule has 0 unspecified atom stereocenters. The van der Waals surface area contributed by atoms with Crippen molar-refractivity contribution >= 4 is 29.3 Å². The summed E-state index contributed by atoms with van der Waals surface area (Å²) in [6, 6.07) is 5.70. The molecule has 1 amide bonds. The summed E-state index contributed by atoms with van der Waals surface area (Å²) in [5.41, 5.74) is 2.42. The molecule has 0 aliphatic heterocycles. The predicted octanol–water partition coefficient (Wildman–Crippen LogP) is 4.00. The van der Waals surface area contributed by atoms with Crippen molar-refractivity contribution < 1.29 is 14.3 Å². The normalized spacial score (nSPS) is 11.2. The van der Waals surface area contributed by atoms with Gasteiger partial charge in [0.15, 0.2) is 0 Å². The van der Waals surface area contributed by atoms with Gasteiger partial charge in [-0.3, -0.25) is 4.79 Å². The Morgan fingerprint density at radius 3 is 2.50 bits per heavy atom. The van der Waals surface area contributed by atoms with E-state index in [-0.39, 0.29) is 5.91 Å². The molecule has 0 saturated heterocycles. The Bertz CT molecular complexity index is 652. The second-order valence-corrected chi connectivity index (χ2v) is 7.10. The van der Waals surface area contributed by atoms with Gasteiger partial charge in [-0.25, -0.2) is 4.79 Å². The molecule has 0 fully saturated rings. The van der Waals surface area contributed by atoms with E-state index in [1.54, 1.807) is 6.08 Å². The topological polar surface area (TPSA) is 70.7 Å². The van der Waals surface area contributed by atoms with Crippen LogP contribution >= 0.6 is 0 Å². The molecular formula is C22H35N3O3. The lowest BCUT2D eigenvalue weighted by atomic mass is 10.1. The summed E-state index contributed by atoms with van der Waals surface area (Å²) in [6.07, 6.45) is 4.52. The van der Waals surface area contributed by atoms with Gasteiger partial charge in [-0.2, -0.15) is 0 Å². The third-order valence-electron chi connectivity index (χ3n) is 4.52. The molecule has 1 aromatic carbocycles. The maximum absolute atomic E-state index is 12.4. The number of carbonyl (C=O) groups excluding carboxylic acids is 2. The van der Waals surface area contributed by atoms with Crippen LogP contribution in [-0.2, 0) is 14.3 Å². The first-order chi connectivity index (χ1) is 13.4. The van der Waals surface area contributed by atoms with Crippen LogP contribution in [0.25, 0.3) is 6.08 Å². The first-order valence-electron chi connectivity index (χ1n) is 10.1. The fourth-order valence-corrected chi connectivity index (χ4v) is 2.66. The van der Waals surface area contributed by atoms with Crippen LogP contribution in [0, 0.1) is 5.92 Å². The summed E-state index contributed by atoms with van der Waals surface area (Å²) < 4.78 is 4.63. The summed E-state index contributed by atoms with van der Waals surface area (Å²) in [6.45, 7) is 12.0. The largest absolute Gasteiger partial charge is 0.466 e. The Labute approximate surface area is 169 Å². The number of esters is 1. The van der Waals surface area contributed by atoms with E-state index in [1.165, 1.54) is 13.2 Å². The van der Waals surface area contributed by atoms with Gasteiger partial charge in [-0.05, 0) is 49.2 Å². The molecular weight excluding hydrogens is 354 g/mol. The number of ether oxygens (including phenoxy) is 1. The van der Waals surface area contributed by atoms with Crippen LogP contribution < -0.4 is 10.6 Å². The van der Waals surface area contributed by atoms with Crippen molar-refractivity contribution in [2.24, 2.45) is 5.92 Å². The molecule has 0 bridgehead atoms. The molecule has 6 heteroatoms. The van der Waals surface area contributed by atoms with Gasteiger partial charge in [0.05, 0.1) is 18.5 Å². The van der Waals surface area contributed by atoms with Crippen molar-refractivity contribution in [1.29, 1.82) is 0 Å². The Morgan fingerprint density at radius 1 is 1.18 bits per heavy atom. The van der Waals surface area contributed by atoms with E-state index in [9.17, 15) is 9.59 Å². The number of carbonyl (C=O) groups is 2. The highest BCUT2D eigenvalue weighted by Crippen LogP contribution is 2.25. The highest BCUT2D eigenvalue weighted by molar-refractivity contribution is 5.95. The predicted molar refractivity (Wildman–Crippen MR) is 116 cm³/mol. The molecule has 1 aromatic rings. The van der Waals surface area contributed by atoms with Crippen LogP contribution in [0.2, 0.25) is 0 Å². The lowest BCUT2D eigenvalue weighted by Crippen LogP contribution is -2.27. The summed E-state index contributed by atoms with van der Waals surface area (Å²) >= 11 is 0. The summed E-state index contributed by atoms with van der Waals surface area (Å²) in [7, 11) is 1.34. The maximum Gasteiger partial charge on any atom is 0.330 e. The first kappa shape index (κ1) is 23.7. The van der Waals surface area contributed by atoms with Gasteiger partial charge in [0, 0.05) is 25.6 Å². The molecule has 0 spiro atoms. The molecule has 1 rings (SSSR count). The van der Waals surface area contributed by atoms with E-state index >= 15 is 0 Å². The summed E-state index contributed by atoms with van der Waals surface area (Å²) in [5.74, 6) is 0.165. The van der Waals surface area contributed by atoms with E-state index in [0.29, 0.717) is 12.3 Å². The zero-order chi connectivity index (χ0) is 20.9. The van der Waals surface area contributed by atoms with Crippen molar-refractivity contribution in [2.75, 3.05) is 43.9 Å². The van der Waals surface area contributed by atoms with Gasteiger partial charge in [-0.1, -0.05) is 33.8 Å². The van der Waals surface area contributed by atoms with E-state index in [2.05, 4.69) is 48.0 Å². The van der Waals surface area contributed by atoms with Crippen molar-refractivity contribution in [3.05, 3.63) is 29.8 Å². The van der Waals surface area contributed by atoms with Gasteiger partial charge >= 0.3 is 5.97 Å². The number of nitrogens with one attached hydrogen (secondary N) is 2. The Kier molecular flexibility index (Phi) is 11.0. The van der Waals surface area contributed by atoms with Gasteiger partial charge in [0.1, 0.15) is 0 Å². The number of benzene rings is 1. The number of hydrogen-bond donors (Lipinski definition) is 2. The molecule has 2 N–H and O–H groups in total. The molecule has 0 aliphatic carbocycles. The molecule has 0 atom stereocenters. The van der Waals surface area contributed by atoms with E-state index < -0.39 is 5.97 Å². The Hall–Kier alpha value is -2.34. The fourth-order valence-electron chi connectivity index (χ4n) is 2.66. The standard InChI is InChI=1S/C22H35N3O3/c1-6-25(7-2)15-13-21(26)24-20-16-18(9-11-22(27)28-5)8-10-19(20)23-14-12-17(3)4/h8-11,16-17,23H,6-7,12-15H2,1-5H3,(H,24,26)/b11-9+. The minimum absolute atomic E-state index is 0.0205. The molecule has 156 valence electrons. The van der Waals surface area contributed by atoms with Gasteiger partial charge in [-0.15, -0.1) is 0 Å². The molecule has 0 aliphatic rings. The molecule has 0 saturated carbocycles. The number of amides is 1. The van der Waals surface area contributed by atoms with E-state index in [1.807, 2.05) is 18.2 Å². The van der Waals surface area contributed by atoms with Crippen LogP contribution in [0.1, 0.15) is 46.1 Å². The van der Waals surface area contributed by atoms with Gasteiger partial charge in [0.2, 0.25) is 5.91 Å². The van der Waals surface area contributed by atoms with Crippen molar-refractivity contribution in [1.82, 2.24) is 4.90 Å². The smallest absolute Gasteiger partial charge is 0.330 e. The monoisotopic (exact) mass is 389 g/mol. The molecule has 0 heterocycles. The number of anilines is 2.